The lowest BCUT2D eigenvalue weighted by Gasteiger charge is -2.27. The van der Waals surface area contributed by atoms with Crippen molar-refractivity contribution in [2.45, 2.75) is 51.6 Å². The molecule has 0 N–H and O–H groups in total. The van der Waals surface area contributed by atoms with Gasteiger partial charge in [-0.25, -0.2) is 9.97 Å². The van der Waals surface area contributed by atoms with Crippen LogP contribution in [-0.2, 0) is 11.3 Å². The summed E-state index contributed by atoms with van der Waals surface area (Å²) >= 11 is 8.42. The van der Waals surface area contributed by atoms with Gasteiger partial charge in [-0.05, 0) is 41.4 Å². The Hall–Kier alpha value is 0.0600. The third kappa shape index (κ3) is 3.79. The minimum Gasteiger partial charge on any atom is -0.378 e. The minimum absolute atomic E-state index is 0.462. The van der Waals surface area contributed by atoms with Gasteiger partial charge in [0.05, 0.1) is 15.9 Å². The molecule has 0 aromatic carbocycles. The van der Waals surface area contributed by atoms with Crippen molar-refractivity contribution in [1.82, 2.24) is 9.97 Å². The molecule has 1 saturated carbocycles. The van der Waals surface area contributed by atoms with Gasteiger partial charge in [-0.1, -0.05) is 37.8 Å². The van der Waals surface area contributed by atoms with Gasteiger partial charge in [0, 0.05) is 13.0 Å². The molecule has 1 heterocycles. The second-order valence-corrected chi connectivity index (χ2v) is 6.64. The summed E-state index contributed by atoms with van der Waals surface area (Å²) in [6, 6.07) is 0. The predicted octanol–water partition coefficient (Wildman–Crippen LogP) is 4.56. The molecule has 1 aromatic heterocycles. The Morgan fingerprint density at radius 1 is 1.37 bits per heavy atom. The monoisotopic (exact) mass is 394 g/mol. The molecule has 106 valence electrons. The van der Waals surface area contributed by atoms with Gasteiger partial charge in [0.15, 0.2) is 0 Å². The van der Waals surface area contributed by atoms with Crippen molar-refractivity contribution in [1.29, 1.82) is 0 Å². The number of ether oxygens (including phenoxy) is 1. The molecule has 5 heteroatoms. The van der Waals surface area contributed by atoms with Crippen LogP contribution in [0.2, 0.25) is 5.15 Å². The van der Waals surface area contributed by atoms with Crippen molar-refractivity contribution >= 4 is 34.2 Å². The second-order valence-electron chi connectivity index (χ2n) is 5.20. The van der Waals surface area contributed by atoms with Crippen molar-refractivity contribution in [3.05, 3.63) is 20.2 Å². The van der Waals surface area contributed by atoms with E-state index < -0.39 is 0 Å². The van der Waals surface area contributed by atoms with Gasteiger partial charge in [-0.15, -0.1) is 0 Å². The molecular weight excluding hydrogens is 375 g/mol. The first kappa shape index (κ1) is 15.4. The van der Waals surface area contributed by atoms with Gasteiger partial charge < -0.3 is 4.74 Å². The Kier molecular flexibility index (Phi) is 5.84. The summed E-state index contributed by atoms with van der Waals surface area (Å²) in [6.07, 6.45) is 6.24. The first-order chi connectivity index (χ1) is 9.15. The van der Waals surface area contributed by atoms with Crippen LogP contribution in [0.5, 0.6) is 0 Å². The molecule has 1 aliphatic carbocycles. The molecule has 0 aliphatic heterocycles. The van der Waals surface area contributed by atoms with Gasteiger partial charge in [0.2, 0.25) is 0 Å². The molecule has 2 rings (SSSR count). The van der Waals surface area contributed by atoms with E-state index in [9.17, 15) is 0 Å². The average Bonchev–Trinajstić information content (AvgIpc) is 2.44. The molecule has 0 bridgehead atoms. The molecule has 1 aliphatic rings. The van der Waals surface area contributed by atoms with E-state index in [1.54, 1.807) is 7.11 Å². The fraction of sp³-hybridized carbons (Fsp3) is 0.714. The Morgan fingerprint density at radius 2 is 2.16 bits per heavy atom. The molecule has 0 saturated heterocycles. The number of rotatable bonds is 4. The van der Waals surface area contributed by atoms with E-state index in [1.165, 1.54) is 32.1 Å². The SMILES string of the molecule is CCC1CCCC(c2nc(Cl)c(I)c(COC)n2)C1. The summed E-state index contributed by atoms with van der Waals surface area (Å²) in [5.41, 5.74) is 0.914. The first-order valence-corrected chi connectivity index (χ1v) is 8.32. The Bertz CT molecular complexity index is 442. The van der Waals surface area contributed by atoms with Crippen LogP contribution in [0.15, 0.2) is 0 Å². The Morgan fingerprint density at radius 3 is 2.84 bits per heavy atom. The summed E-state index contributed by atoms with van der Waals surface area (Å²) in [5.74, 6) is 2.19. The lowest BCUT2D eigenvalue weighted by atomic mass is 9.80. The molecule has 0 amide bonds. The van der Waals surface area contributed by atoms with E-state index >= 15 is 0 Å². The zero-order chi connectivity index (χ0) is 13.8. The molecule has 1 fully saturated rings. The van der Waals surface area contributed by atoms with E-state index in [4.69, 9.17) is 16.3 Å². The van der Waals surface area contributed by atoms with Crippen LogP contribution in [0.25, 0.3) is 0 Å². The van der Waals surface area contributed by atoms with Crippen LogP contribution in [0.1, 0.15) is 56.5 Å². The highest BCUT2D eigenvalue weighted by molar-refractivity contribution is 14.1. The van der Waals surface area contributed by atoms with E-state index in [2.05, 4.69) is 39.5 Å². The first-order valence-electron chi connectivity index (χ1n) is 6.86. The molecule has 3 nitrogen and oxygen atoms in total. The number of hydrogen-bond donors (Lipinski definition) is 0. The van der Waals surface area contributed by atoms with Crippen LogP contribution in [0.3, 0.4) is 0 Å². The molecule has 2 unspecified atom stereocenters. The van der Waals surface area contributed by atoms with Crippen molar-refractivity contribution in [3.63, 3.8) is 0 Å². The zero-order valence-corrected chi connectivity index (χ0v) is 14.4. The molecule has 2 atom stereocenters. The topological polar surface area (TPSA) is 35.0 Å². The fourth-order valence-electron chi connectivity index (χ4n) is 2.79. The smallest absolute Gasteiger partial charge is 0.146 e. The quantitative estimate of drug-likeness (QED) is 0.554. The van der Waals surface area contributed by atoms with Crippen molar-refractivity contribution in [3.8, 4) is 0 Å². The standard InChI is InChI=1S/C14H20ClIN2O/c1-3-9-5-4-6-10(7-9)14-17-11(8-19-2)12(16)13(15)18-14/h9-10H,3-8H2,1-2H3. The average molecular weight is 395 g/mol. The Balaban J connectivity index is 2.24. The van der Waals surface area contributed by atoms with Crippen LogP contribution in [-0.4, -0.2) is 17.1 Å². The van der Waals surface area contributed by atoms with Crippen molar-refractivity contribution in [2.24, 2.45) is 5.92 Å². The van der Waals surface area contributed by atoms with Crippen LogP contribution >= 0.6 is 34.2 Å². The molecule has 19 heavy (non-hydrogen) atoms. The summed E-state index contributed by atoms with van der Waals surface area (Å²) in [6.45, 7) is 2.77. The maximum atomic E-state index is 6.23. The lowest BCUT2D eigenvalue weighted by molar-refractivity contribution is 0.180. The zero-order valence-electron chi connectivity index (χ0n) is 11.5. The largest absolute Gasteiger partial charge is 0.378 e. The van der Waals surface area contributed by atoms with Crippen LogP contribution in [0.4, 0.5) is 0 Å². The lowest BCUT2D eigenvalue weighted by Crippen LogP contribution is -2.17. The number of hydrogen-bond acceptors (Lipinski definition) is 3. The van der Waals surface area contributed by atoms with Crippen molar-refractivity contribution < 1.29 is 4.74 Å². The van der Waals surface area contributed by atoms with Gasteiger partial charge in [0.25, 0.3) is 0 Å². The maximum Gasteiger partial charge on any atom is 0.146 e. The van der Waals surface area contributed by atoms with Gasteiger partial charge in [-0.3, -0.25) is 0 Å². The molecular formula is C14H20ClIN2O. The Labute approximate surface area is 133 Å². The second kappa shape index (κ2) is 7.18. The third-order valence-corrected chi connectivity index (χ3v) is 5.63. The van der Waals surface area contributed by atoms with E-state index in [1.807, 2.05) is 0 Å². The summed E-state index contributed by atoms with van der Waals surface area (Å²) in [7, 11) is 1.68. The van der Waals surface area contributed by atoms with Crippen LogP contribution < -0.4 is 0 Å². The van der Waals surface area contributed by atoms with Crippen molar-refractivity contribution in [2.75, 3.05) is 7.11 Å². The van der Waals surface area contributed by atoms with E-state index in [-0.39, 0.29) is 0 Å². The highest BCUT2D eigenvalue weighted by Gasteiger charge is 2.25. The van der Waals surface area contributed by atoms with E-state index in [0.717, 1.165) is 21.0 Å². The number of nitrogens with zero attached hydrogens (tertiary/aromatic N) is 2. The fourth-order valence-corrected chi connectivity index (χ4v) is 3.38. The minimum atomic E-state index is 0.462. The molecule has 1 aromatic rings. The van der Waals surface area contributed by atoms with Gasteiger partial charge in [-0.2, -0.15) is 0 Å². The number of aromatic nitrogens is 2. The summed E-state index contributed by atoms with van der Waals surface area (Å²) < 4.78 is 6.10. The highest BCUT2D eigenvalue weighted by Crippen LogP contribution is 2.37. The maximum absolute atomic E-state index is 6.23. The summed E-state index contributed by atoms with van der Waals surface area (Å²) in [5, 5.41) is 0.566. The van der Waals surface area contributed by atoms with Gasteiger partial charge >= 0.3 is 0 Å². The number of methoxy groups -OCH3 is 1. The van der Waals surface area contributed by atoms with Crippen LogP contribution in [0, 0.1) is 9.49 Å². The summed E-state index contributed by atoms with van der Waals surface area (Å²) in [4.78, 5) is 9.19. The normalized spacial score (nSPS) is 23.6. The molecule has 0 spiro atoms. The van der Waals surface area contributed by atoms with E-state index in [0.29, 0.717) is 17.7 Å². The predicted molar refractivity (Wildman–Crippen MR) is 85.5 cm³/mol. The highest BCUT2D eigenvalue weighted by atomic mass is 127. The third-order valence-electron chi connectivity index (χ3n) is 3.90. The number of halogens is 2. The molecule has 0 radical (unpaired) electrons. The van der Waals surface area contributed by atoms with Gasteiger partial charge in [0.1, 0.15) is 11.0 Å².